The van der Waals surface area contributed by atoms with Gasteiger partial charge >= 0.3 is 0 Å². The molecule has 3 nitrogen and oxygen atoms in total. The third kappa shape index (κ3) is 4.05. The molecule has 1 aliphatic rings. The van der Waals surface area contributed by atoms with Crippen LogP contribution in [0.5, 0.6) is 0 Å². The van der Waals surface area contributed by atoms with Crippen LogP contribution in [-0.4, -0.2) is 24.4 Å². The van der Waals surface area contributed by atoms with E-state index in [2.05, 4.69) is 52.3 Å². The quantitative estimate of drug-likeness (QED) is 0.496. The van der Waals surface area contributed by atoms with Gasteiger partial charge in [-0.1, -0.05) is 35.6 Å². The molecule has 1 aromatic carbocycles. The fraction of sp³-hybridized carbons (Fsp3) is 0.600. The van der Waals surface area contributed by atoms with Crippen LogP contribution >= 0.6 is 15.9 Å². The van der Waals surface area contributed by atoms with Gasteiger partial charge in [0.1, 0.15) is 6.73 Å². The fourth-order valence-corrected chi connectivity index (χ4v) is 4.93. The van der Waals surface area contributed by atoms with Gasteiger partial charge in [0.2, 0.25) is 0 Å². The lowest BCUT2D eigenvalue weighted by atomic mass is 9.95. The SMILES string of the molecule is CC(C)(O)c1cc(Br)cc2c3c(n(COCC[Si](C)(C)C)c12)CCC3. The maximum Gasteiger partial charge on any atom is 0.123 e. The summed E-state index contributed by atoms with van der Waals surface area (Å²) in [7, 11) is -1.08. The topological polar surface area (TPSA) is 34.4 Å². The highest BCUT2D eigenvalue weighted by Gasteiger charge is 2.28. The number of benzene rings is 1. The Morgan fingerprint density at radius 1 is 1.24 bits per heavy atom. The van der Waals surface area contributed by atoms with E-state index >= 15 is 0 Å². The lowest BCUT2D eigenvalue weighted by molar-refractivity contribution is 0.0760. The van der Waals surface area contributed by atoms with E-state index in [1.807, 2.05) is 13.8 Å². The standard InChI is InChI=1S/C20H30BrNO2Si/c1-20(2,23)17-12-14(21)11-16-15-7-6-8-18(15)22(19(16)17)13-24-9-10-25(3,4)5/h11-12,23H,6-10,13H2,1-5H3. The van der Waals surface area contributed by atoms with Crippen LogP contribution in [0.3, 0.4) is 0 Å². The van der Waals surface area contributed by atoms with E-state index in [0.29, 0.717) is 6.73 Å². The summed E-state index contributed by atoms with van der Waals surface area (Å²) >= 11 is 3.63. The molecule has 0 bridgehead atoms. The van der Waals surface area contributed by atoms with Gasteiger partial charge in [0, 0.05) is 35.8 Å². The Bertz CT molecular complexity index is 784. The van der Waals surface area contributed by atoms with Gasteiger partial charge in [0.05, 0.1) is 11.1 Å². The molecule has 0 radical (unpaired) electrons. The van der Waals surface area contributed by atoms with E-state index < -0.39 is 13.7 Å². The molecule has 1 heterocycles. The van der Waals surface area contributed by atoms with Crippen molar-refractivity contribution in [1.82, 2.24) is 4.57 Å². The molecule has 25 heavy (non-hydrogen) atoms. The number of ether oxygens (including phenoxy) is 1. The zero-order chi connectivity index (χ0) is 18.4. The van der Waals surface area contributed by atoms with E-state index in [-0.39, 0.29) is 0 Å². The molecular weight excluding hydrogens is 394 g/mol. The number of hydrogen-bond donors (Lipinski definition) is 1. The summed E-state index contributed by atoms with van der Waals surface area (Å²) in [5.41, 5.74) is 4.07. The lowest BCUT2D eigenvalue weighted by Gasteiger charge is -2.22. The number of aliphatic hydroxyl groups is 1. The molecule has 1 aromatic heterocycles. The molecule has 2 aromatic rings. The molecule has 1 N–H and O–H groups in total. The van der Waals surface area contributed by atoms with Crippen molar-refractivity contribution >= 4 is 34.9 Å². The Kier molecular flexibility index (Phi) is 5.24. The molecule has 0 unspecified atom stereocenters. The van der Waals surface area contributed by atoms with Crippen molar-refractivity contribution in [1.29, 1.82) is 0 Å². The van der Waals surface area contributed by atoms with Crippen molar-refractivity contribution < 1.29 is 9.84 Å². The zero-order valence-corrected chi connectivity index (χ0v) is 18.7. The first-order valence-electron chi connectivity index (χ1n) is 9.22. The Morgan fingerprint density at radius 3 is 2.60 bits per heavy atom. The highest BCUT2D eigenvalue weighted by Crippen LogP contribution is 2.39. The van der Waals surface area contributed by atoms with Gasteiger partial charge in [0.25, 0.3) is 0 Å². The molecule has 3 rings (SSSR count). The predicted octanol–water partition coefficient (Wildman–Crippen LogP) is 5.43. The first-order valence-corrected chi connectivity index (χ1v) is 13.7. The summed E-state index contributed by atoms with van der Waals surface area (Å²) in [6.07, 6.45) is 3.43. The van der Waals surface area contributed by atoms with Crippen LogP contribution in [0.25, 0.3) is 10.9 Å². The Morgan fingerprint density at radius 2 is 1.96 bits per heavy atom. The van der Waals surface area contributed by atoms with E-state index in [1.165, 1.54) is 29.1 Å². The highest BCUT2D eigenvalue weighted by atomic mass is 79.9. The molecule has 0 aliphatic heterocycles. The summed E-state index contributed by atoms with van der Waals surface area (Å²) in [6.45, 7) is 12.3. The van der Waals surface area contributed by atoms with Gasteiger partial charge in [-0.15, -0.1) is 0 Å². The minimum Gasteiger partial charge on any atom is -0.386 e. The molecule has 0 amide bonds. The van der Waals surface area contributed by atoms with E-state index in [1.54, 1.807) is 0 Å². The summed E-state index contributed by atoms with van der Waals surface area (Å²) < 4.78 is 9.44. The van der Waals surface area contributed by atoms with Crippen LogP contribution < -0.4 is 0 Å². The number of aromatic nitrogens is 1. The fourth-order valence-electron chi connectivity index (χ4n) is 3.71. The molecule has 1 aliphatic carbocycles. The second kappa shape index (κ2) is 6.84. The molecule has 5 heteroatoms. The van der Waals surface area contributed by atoms with Gasteiger partial charge in [0.15, 0.2) is 0 Å². The lowest BCUT2D eigenvalue weighted by Crippen LogP contribution is -2.22. The van der Waals surface area contributed by atoms with Crippen LogP contribution in [0, 0.1) is 0 Å². The second-order valence-corrected chi connectivity index (χ2v) is 15.5. The van der Waals surface area contributed by atoms with Crippen molar-refractivity contribution in [2.45, 2.75) is 71.1 Å². The Balaban J connectivity index is 2.02. The normalized spacial score (nSPS) is 15.2. The minimum atomic E-state index is -1.08. The van der Waals surface area contributed by atoms with Gasteiger partial charge in [-0.2, -0.15) is 0 Å². The van der Waals surface area contributed by atoms with Crippen LogP contribution in [0.2, 0.25) is 25.7 Å². The number of aryl methyl sites for hydroxylation is 1. The van der Waals surface area contributed by atoms with Crippen molar-refractivity contribution in [2.24, 2.45) is 0 Å². The Hall–Kier alpha value is -0.623. The van der Waals surface area contributed by atoms with Gasteiger partial charge in [-0.05, 0) is 56.9 Å². The average molecular weight is 424 g/mol. The largest absolute Gasteiger partial charge is 0.386 e. The maximum absolute atomic E-state index is 10.7. The van der Waals surface area contributed by atoms with E-state index in [9.17, 15) is 5.11 Å². The molecule has 138 valence electrons. The highest BCUT2D eigenvalue weighted by molar-refractivity contribution is 9.10. The molecule has 0 saturated carbocycles. The van der Waals surface area contributed by atoms with Crippen LogP contribution in [0.15, 0.2) is 16.6 Å². The first kappa shape index (κ1) is 19.1. The number of halogens is 1. The third-order valence-corrected chi connectivity index (χ3v) is 7.22. The number of fused-ring (bicyclic) bond motifs is 3. The summed E-state index contributed by atoms with van der Waals surface area (Å²) in [4.78, 5) is 0. The monoisotopic (exact) mass is 423 g/mol. The molecule has 0 fully saturated rings. The third-order valence-electron chi connectivity index (χ3n) is 5.06. The average Bonchev–Trinajstić information content (AvgIpc) is 3.03. The first-order chi connectivity index (χ1) is 11.6. The van der Waals surface area contributed by atoms with Crippen LogP contribution in [0.4, 0.5) is 0 Å². The van der Waals surface area contributed by atoms with Gasteiger partial charge in [-0.25, -0.2) is 0 Å². The molecule has 0 saturated heterocycles. The number of nitrogens with zero attached hydrogens (tertiary/aromatic N) is 1. The van der Waals surface area contributed by atoms with Crippen LogP contribution in [0.1, 0.15) is 37.1 Å². The smallest absolute Gasteiger partial charge is 0.123 e. The maximum atomic E-state index is 10.7. The zero-order valence-electron chi connectivity index (χ0n) is 16.1. The predicted molar refractivity (Wildman–Crippen MR) is 111 cm³/mol. The summed E-state index contributed by atoms with van der Waals surface area (Å²) in [6, 6.07) is 5.43. The van der Waals surface area contributed by atoms with Crippen molar-refractivity contribution in [2.75, 3.05) is 6.61 Å². The van der Waals surface area contributed by atoms with Crippen molar-refractivity contribution in [3.05, 3.63) is 33.4 Å². The van der Waals surface area contributed by atoms with Gasteiger partial charge in [-0.3, -0.25) is 0 Å². The van der Waals surface area contributed by atoms with Crippen molar-refractivity contribution in [3.63, 3.8) is 0 Å². The minimum absolute atomic E-state index is 0.584. The van der Waals surface area contributed by atoms with Crippen molar-refractivity contribution in [3.8, 4) is 0 Å². The van der Waals surface area contributed by atoms with E-state index in [0.717, 1.165) is 35.0 Å². The number of rotatable bonds is 6. The summed E-state index contributed by atoms with van der Waals surface area (Å²) in [5.74, 6) is 0. The molecular formula is C20H30BrNO2Si. The summed E-state index contributed by atoms with van der Waals surface area (Å²) in [5, 5.41) is 12.0. The Labute approximate surface area is 160 Å². The van der Waals surface area contributed by atoms with E-state index in [4.69, 9.17) is 4.74 Å². The molecule has 0 atom stereocenters. The molecule has 0 spiro atoms. The second-order valence-electron chi connectivity index (χ2n) is 8.96. The number of hydrogen-bond acceptors (Lipinski definition) is 2. The van der Waals surface area contributed by atoms with Crippen LogP contribution in [-0.2, 0) is 29.9 Å². The van der Waals surface area contributed by atoms with Gasteiger partial charge < -0.3 is 14.4 Å².